The Hall–Kier alpha value is -2.89. The van der Waals surface area contributed by atoms with E-state index in [4.69, 9.17) is 4.74 Å². The molecule has 0 saturated carbocycles. The van der Waals surface area contributed by atoms with Crippen LogP contribution in [0.5, 0.6) is 5.75 Å². The van der Waals surface area contributed by atoms with E-state index in [-0.39, 0.29) is 17.4 Å². The fourth-order valence-corrected chi connectivity index (χ4v) is 3.65. The maximum Gasteiger partial charge on any atom is 0.256 e. The molecule has 4 rings (SSSR count). The van der Waals surface area contributed by atoms with Crippen LogP contribution in [0.1, 0.15) is 33.6 Å². The van der Waals surface area contributed by atoms with E-state index in [0.29, 0.717) is 37.4 Å². The second-order valence-corrected chi connectivity index (χ2v) is 6.77. The number of nitrogens with one attached hydrogen (secondary N) is 1. The predicted octanol–water partition coefficient (Wildman–Crippen LogP) is 2.62. The molecule has 1 fully saturated rings. The second-order valence-electron chi connectivity index (χ2n) is 6.77. The van der Waals surface area contributed by atoms with Crippen molar-refractivity contribution >= 4 is 11.8 Å². The van der Waals surface area contributed by atoms with Crippen LogP contribution in [0, 0.1) is 5.82 Å². The van der Waals surface area contributed by atoms with Gasteiger partial charge in [-0.15, -0.1) is 0 Å². The van der Waals surface area contributed by atoms with Crippen LogP contribution < -0.4 is 10.1 Å². The van der Waals surface area contributed by atoms with Gasteiger partial charge in [-0.05, 0) is 37.1 Å². The lowest BCUT2D eigenvalue weighted by atomic mass is 9.91. The largest absolute Gasteiger partial charge is 0.483 e. The number of rotatable bonds is 1. The first-order valence-corrected chi connectivity index (χ1v) is 8.68. The van der Waals surface area contributed by atoms with Crippen LogP contribution in [-0.2, 0) is 0 Å². The molecule has 5 nitrogen and oxygen atoms in total. The Kier molecular flexibility index (Phi) is 4.11. The lowest BCUT2D eigenvalue weighted by Gasteiger charge is -2.42. The lowest BCUT2D eigenvalue weighted by molar-refractivity contribution is -0.00104. The van der Waals surface area contributed by atoms with Gasteiger partial charge in [-0.2, -0.15) is 0 Å². The average Bonchev–Trinajstić information content (AvgIpc) is 2.79. The fourth-order valence-electron chi connectivity index (χ4n) is 3.65. The van der Waals surface area contributed by atoms with Crippen LogP contribution in [0.15, 0.2) is 48.5 Å². The molecule has 2 aliphatic rings. The molecule has 134 valence electrons. The summed E-state index contributed by atoms with van der Waals surface area (Å²) in [6.07, 6.45) is 1.43. The highest BCUT2D eigenvalue weighted by atomic mass is 19.1. The number of nitrogens with zero attached hydrogens (tertiary/aromatic N) is 1. The number of benzene rings is 2. The summed E-state index contributed by atoms with van der Waals surface area (Å²) in [5.74, 6) is -0.551. The lowest BCUT2D eigenvalue weighted by Crippen LogP contribution is -2.58. The summed E-state index contributed by atoms with van der Waals surface area (Å²) in [6, 6.07) is 13.1. The van der Waals surface area contributed by atoms with Gasteiger partial charge in [0.1, 0.15) is 17.2 Å². The van der Waals surface area contributed by atoms with Crippen molar-refractivity contribution in [3.8, 4) is 5.75 Å². The minimum absolute atomic E-state index is 0.0580. The maximum absolute atomic E-state index is 14.0. The molecule has 26 heavy (non-hydrogen) atoms. The zero-order valence-electron chi connectivity index (χ0n) is 14.2. The van der Waals surface area contributed by atoms with E-state index in [1.54, 1.807) is 35.2 Å². The summed E-state index contributed by atoms with van der Waals surface area (Å²) >= 11 is 0. The van der Waals surface area contributed by atoms with Gasteiger partial charge in [-0.3, -0.25) is 9.59 Å². The number of halogens is 1. The number of carbonyl (C=O) groups is 2. The zero-order chi connectivity index (χ0) is 18.1. The first kappa shape index (κ1) is 16.6. The summed E-state index contributed by atoms with van der Waals surface area (Å²) in [5.41, 5.74) is -0.161. The number of hydrogen-bond acceptors (Lipinski definition) is 3. The summed E-state index contributed by atoms with van der Waals surface area (Å²) in [4.78, 5) is 26.7. The molecule has 1 unspecified atom stereocenters. The van der Waals surface area contributed by atoms with E-state index >= 15 is 0 Å². The molecule has 0 aliphatic carbocycles. The summed E-state index contributed by atoms with van der Waals surface area (Å²) in [6.45, 7) is 1.14. The number of carbonyl (C=O) groups excluding carboxylic acids is 2. The normalized spacial score (nSPS) is 22.2. The number of piperidine rings is 1. The molecule has 1 spiro atoms. The number of amides is 2. The number of para-hydroxylation sites is 1. The molecule has 1 atom stereocenters. The Labute approximate surface area is 150 Å². The van der Waals surface area contributed by atoms with Gasteiger partial charge in [0.25, 0.3) is 11.8 Å². The summed E-state index contributed by atoms with van der Waals surface area (Å²) in [5, 5.41) is 2.90. The first-order chi connectivity index (χ1) is 12.6. The van der Waals surface area contributed by atoms with Gasteiger partial charge in [0.15, 0.2) is 0 Å². The second kappa shape index (κ2) is 6.44. The third-order valence-electron chi connectivity index (χ3n) is 4.96. The highest BCUT2D eigenvalue weighted by Crippen LogP contribution is 2.32. The molecule has 0 bridgehead atoms. The standard InChI is InChI=1S/C20H19FN2O3/c21-16-8-3-1-6-14(16)19(25)23-11-5-10-20(13-23)12-22-18(24)15-7-2-4-9-17(15)26-20/h1-4,6-9H,5,10-13H2,(H,22,24). The Balaban J connectivity index is 1.61. The smallest absolute Gasteiger partial charge is 0.256 e. The highest BCUT2D eigenvalue weighted by molar-refractivity contribution is 5.97. The van der Waals surface area contributed by atoms with Crippen molar-refractivity contribution in [2.45, 2.75) is 18.4 Å². The van der Waals surface area contributed by atoms with Crippen molar-refractivity contribution in [3.63, 3.8) is 0 Å². The van der Waals surface area contributed by atoms with Crippen molar-refractivity contribution in [2.75, 3.05) is 19.6 Å². The van der Waals surface area contributed by atoms with Gasteiger partial charge in [0.2, 0.25) is 0 Å². The van der Waals surface area contributed by atoms with Crippen LogP contribution in [0.25, 0.3) is 0 Å². The maximum atomic E-state index is 14.0. The van der Waals surface area contributed by atoms with Crippen molar-refractivity contribution in [3.05, 3.63) is 65.5 Å². The van der Waals surface area contributed by atoms with Crippen LogP contribution >= 0.6 is 0 Å². The highest BCUT2D eigenvalue weighted by Gasteiger charge is 2.42. The number of fused-ring (bicyclic) bond motifs is 1. The van der Waals surface area contributed by atoms with Crippen molar-refractivity contribution in [1.29, 1.82) is 0 Å². The molecule has 2 amide bonds. The van der Waals surface area contributed by atoms with E-state index in [1.165, 1.54) is 12.1 Å². The third-order valence-corrected chi connectivity index (χ3v) is 4.96. The third kappa shape index (κ3) is 2.92. The zero-order valence-corrected chi connectivity index (χ0v) is 14.2. The van der Waals surface area contributed by atoms with Gasteiger partial charge in [0, 0.05) is 6.54 Å². The Morgan fingerprint density at radius 1 is 1.15 bits per heavy atom. The molecule has 2 aromatic rings. The van der Waals surface area contributed by atoms with Crippen LogP contribution in [0.4, 0.5) is 4.39 Å². The van der Waals surface area contributed by atoms with E-state index in [2.05, 4.69) is 5.32 Å². The van der Waals surface area contributed by atoms with Crippen LogP contribution in [0.2, 0.25) is 0 Å². The molecule has 0 aromatic heterocycles. The Morgan fingerprint density at radius 2 is 1.92 bits per heavy atom. The first-order valence-electron chi connectivity index (χ1n) is 8.68. The molecule has 2 heterocycles. The number of likely N-dealkylation sites (tertiary alicyclic amines) is 1. The van der Waals surface area contributed by atoms with E-state index in [9.17, 15) is 14.0 Å². The quantitative estimate of drug-likeness (QED) is 0.856. The molecular formula is C20H19FN2O3. The average molecular weight is 354 g/mol. The minimum atomic E-state index is -0.707. The Morgan fingerprint density at radius 3 is 2.77 bits per heavy atom. The minimum Gasteiger partial charge on any atom is -0.483 e. The number of hydrogen-bond donors (Lipinski definition) is 1. The van der Waals surface area contributed by atoms with Crippen molar-refractivity contribution in [2.24, 2.45) is 0 Å². The molecule has 1 saturated heterocycles. The van der Waals surface area contributed by atoms with Gasteiger partial charge in [-0.1, -0.05) is 24.3 Å². The van der Waals surface area contributed by atoms with Gasteiger partial charge in [0.05, 0.1) is 24.2 Å². The van der Waals surface area contributed by atoms with E-state index in [1.807, 2.05) is 6.07 Å². The van der Waals surface area contributed by atoms with Crippen LogP contribution in [-0.4, -0.2) is 41.9 Å². The topological polar surface area (TPSA) is 58.6 Å². The van der Waals surface area contributed by atoms with Crippen molar-refractivity contribution < 1.29 is 18.7 Å². The van der Waals surface area contributed by atoms with Crippen molar-refractivity contribution in [1.82, 2.24) is 10.2 Å². The van der Waals surface area contributed by atoms with Gasteiger partial charge < -0.3 is 15.0 Å². The molecular weight excluding hydrogens is 335 g/mol. The summed E-state index contributed by atoms with van der Waals surface area (Å²) < 4.78 is 20.2. The monoisotopic (exact) mass is 354 g/mol. The molecule has 0 radical (unpaired) electrons. The van der Waals surface area contributed by atoms with Gasteiger partial charge in [-0.25, -0.2) is 4.39 Å². The SMILES string of the molecule is O=C1NCC2(CCCN(C(=O)c3ccccc3F)C2)Oc2ccccc21. The molecule has 1 N–H and O–H groups in total. The van der Waals surface area contributed by atoms with E-state index in [0.717, 1.165) is 6.42 Å². The Bertz CT molecular complexity index is 870. The van der Waals surface area contributed by atoms with Gasteiger partial charge >= 0.3 is 0 Å². The molecule has 2 aliphatic heterocycles. The predicted molar refractivity (Wildman–Crippen MR) is 93.7 cm³/mol. The summed E-state index contributed by atoms with van der Waals surface area (Å²) in [7, 11) is 0. The van der Waals surface area contributed by atoms with Crippen LogP contribution in [0.3, 0.4) is 0 Å². The molecule has 6 heteroatoms. The molecule has 2 aromatic carbocycles. The van der Waals surface area contributed by atoms with E-state index < -0.39 is 11.4 Å². The fraction of sp³-hybridized carbons (Fsp3) is 0.300. The number of ether oxygens (including phenoxy) is 1.